The Balaban J connectivity index is 2.83. The van der Waals surface area contributed by atoms with Gasteiger partial charge in [0.25, 0.3) is 0 Å². The zero-order valence-corrected chi connectivity index (χ0v) is 9.47. The second kappa shape index (κ2) is 5.43. The van der Waals surface area contributed by atoms with E-state index in [1.807, 2.05) is 0 Å². The van der Waals surface area contributed by atoms with Crippen LogP contribution in [-0.4, -0.2) is 20.1 Å². The monoisotopic (exact) mass is 226 g/mol. The van der Waals surface area contributed by atoms with Gasteiger partial charge in [0, 0.05) is 19.7 Å². The van der Waals surface area contributed by atoms with E-state index in [0.29, 0.717) is 11.3 Å². The molecule has 2 amide bonds. The molecule has 0 aromatic heterocycles. The molecule has 1 aromatic carbocycles. The fraction of sp³-hybridized carbons (Fsp3) is 0.300. The summed E-state index contributed by atoms with van der Waals surface area (Å²) in [5.74, 6) is -0.335. The Hall–Kier alpha value is -1.66. The third kappa shape index (κ3) is 2.68. The summed E-state index contributed by atoms with van der Waals surface area (Å²) in [6, 6.07) is 4.21. The van der Waals surface area contributed by atoms with Crippen LogP contribution in [0.1, 0.15) is 5.56 Å². The van der Waals surface area contributed by atoms with Gasteiger partial charge in [0.05, 0.1) is 5.69 Å². The van der Waals surface area contributed by atoms with Crippen molar-refractivity contribution in [2.45, 2.75) is 6.92 Å². The molecule has 0 atom stereocenters. The standard InChI is InChI=1S/C10H15FN4O/c1-7-8(11)5-4-6-9(7)15(3)10(16)13-14-12-2/h4-6,12,14H,1-3H3,(H,13,16). The molecule has 1 rings (SSSR count). The Kier molecular flexibility index (Phi) is 4.21. The number of hydrogen-bond donors (Lipinski definition) is 3. The third-order valence-electron chi connectivity index (χ3n) is 2.20. The molecular weight excluding hydrogens is 211 g/mol. The Morgan fingerprint density at radius 2 is 2.12 bits per heavy atom. The number of carbonyl (C=O) groups excluding carboxylic acids is 1. The maximum absolute atomic E-state index is 13.3. The molecule has 0 bridgehead atoms. The molecule has 6 heteroatoms. The van der Waals surface area contributed by atoms with Crippen molar-refractivity contribution in [3.8, 4) is 0 Å². The van der Waals surface area contributed by atoms with Crippen LogP contribution in [0, 0.1) is 12.7 Å². The lowest BCUT2D eigenvalue weighted by Gasteiger charge is -2.20. The van der Waals surface area contributed by atoms with E-state index in [0.717, 1.165) is 0 Å². The largest absolute Gasteiger partial charge is 0.337 e. The first kappa shape index (κ1) is 12.4. The number of urea groups is 1. The topological polar surface area (TPSA) is 56.4 Å². The molecule has 0 heterocycles. The van der Waals surface area contributed by atoms with E-state index in [1.165, 1.54) is 11.0 Å². The van der Waals surface area contributed by atoms with Gasteiger partial charge in [-0.25, -0.2) is 14.6 Å². The zero-order valence-electron chi connectivity index (χ0n) is 9.47. The summed E-state index contributed by atoms with van der Waals surface area (Å²) in [5.41, 5.74) is 8.34. The van der Waals surface area contributed by atoms with E-state index in [9.17, 15) is 9.18 Å². The Labute approximate surface area is 93.6 Å². The number of hydrogen-bond acceptors (Lipinski definition) is 3. The van der Waals surface area contributed by atoms with E-state index < -0.39 is 0 Å². The lowest BCUT2D eigenvalue weighted by atomic mass is 10.2. The second-order valence-electron chi connectivity index (χ2n) is 3.25. The highest BCUT2D eigenvalue weighted by Crippen LogP contribution is 2.20. The summed E-state index contributed by atoms with van der Waals surface area (Å²) >= 11 is 0. The van der Waals surface area contributed by atoms with Crippen LogP contribution in [0.25, 0.3) is 0 Å². The molecule has 0 aliphatic heterocycles. The Morgan fingerprint density at radius 1 is 1.44 bits per heavy atom. The predicted molar refractivity (Wildman–Crippen MR) is 60.3 cm³/mol. The van der Waals surface area contributed by atoms with E-state index in [4.69, 9.17) is 0 Å². The van der Waals surface area contributed by atoms with Gasteiger partial charge in [0.15, 0.2) is 0 Å². The molecule has 3 N–H and O–H groups in total. The van der Waals surface area contributed by atoms with Gasteiger partial charge < -0.3 is 0 Å². The normalized spacial score (nSPS) is 10.0. The van der Waals surface area contributed by atoms with E-state index >= 15 is 0 Å². The number of benzene rings is 1. The van der Waals surface area contributed by atoms with Crippen LogP contribution in [0.15, 0.2) is 18.2 Å². The fourth-order valence-corrected chi connectivity index (χ4v) is 1.27. The first-order valence-corrected chi connectivity index (χ1v) is 4.78. The summed E-state index contributed by atoms with van der Waals surface area (Å²) in [6.07, 6.45) is 0. The van der Waals surface area contributed by atoms with Crippen molar-refractivity contribution in [1.82, 2.24) is 16.4 Å². The molecule has 1 aromatic rings. The van der Waals surface area contributed by atoms with E-state index in [1.54, 1.807) is 33.2 Å². The quantitative estimate of drug-likeness (QED) is 0.672. The molecule has 0 aliphatic carbocycles. The number of hydrazine groups is 2. The lowest BCUT2D eigenvalue weighted by molar-refractivity contribution is 0.241. The number of nitrogens with zero attached hydrogens (tertiary/aromatic N) is 1. The highest BCUT2D eigenvalue weighted by molar-refractivity contribution is 5.91. The van der Waals surface area contributed by atoms with Crippen LogP contribution >= 0.6 is 0 Å². The summed E-state index contributed by atoms with van der Waals surface area (Å²) < 4.78 is 13.3. The van der Waals surface area contributed by atoms with Crippen molar-refractivity contribution >= 4 is 11.7 Å². The number of amides is 2. The third-order valence-corrected chi connectivity index (χ3v) is 2.20. The number of halogens is 1. The smallest absolute Gasteiger partial charge is 0.296 e. The first-order chi connectivity index (χ1) is 7.57. The van der Waals surface area contributed by atoms with Crippen LogP contribution in [0.4, 0.5) is 14.9 Å². The minimum absolute atomic E-state index is 0.335. The number of rotatable bonds is 3. The minimum atomic E-state index is -0.386. The van der Waals surface area contributed by atoms with Crippen LogP contribution in [-0.2, 0) is 0 Å². The maximum Gasteiger partial charge on any atom is 0.337 e. The lowest BCUT2D eigenvalue weighted by Crippen LogP contribution is -2.50. The van der Waals surface area contributed by atoms with Crippen molar-refractivity contribution in [3.63, 3.8) is 0 Å². The average Bonchev–Trinajstić information content (AvgIpc) is 2.28. The molecule has 0 aliphatic rings. The van der Waals surface area contributed by atoms with Crippen molar-refractivity contribution in [2.75, 3.05) is 19.0 Å². The van der Waals surface area contributed by atoms with Crippen LogP contribution < -0.4 is 21.3 Å². The SMILES string of the molecule is CNNNC(=O)N(C)c1cccc(F)c1C. The molecule has 0 unspecified atom stereocenters. The van der Waals surface area contributed by atoms with Crippen molar-refractivity contribution in [3.05, 3.63) is 29.6 Å². The van der Waals surface area contributed by atoms with Gasteiger partial charge in [0.2, 0.25) is 0 Å². The van der Waals surface area contributed by atoms with Crippen LogP contribution in [0.2, 0.25) is 0 Å². The molecule has 0 fully saturated rings. The Bertz CT molecular complexity index is 383. The Morgan fingerprint density at radius 3 is 2.75 bits per heavy atom. The average molecular weight is 226 g/mol. The summed E-state index contributed by atoms with van der Waals surface area (Å²) in [4.78, 5) is 12.9. The molecule has 0 radical (unpaired) electrons. The highest BCUT2D eigenvalue weighted by atomic mass is 19.1. The van der Waals surface area contributed by atoms with E-state index in [2.05, 4.69) is 16.4 Å². The number of carbonyl (C=O) groups is 1. The van der Waals surface area contributed by atoms with Gasteiger partial charge in [-0.3, -0.25) is 10.3 Å². The van der Waals surface area contributed by atoms with Gasteiger partial charge in [-0.05, 0) is 19.1 Å². The fourth-order valence-electron chi connectivity index (χ4n) is 1.27. The van der Waals surface area contributed by atoms with Gasteiger partial charge in [-0.2, -0.15) is 5.53 Å². The van der Waals surface area contributed by atoms with Gasteiger partial charge in [-0.1, -0.05) is 6.07 Å². The van der Waals surface area contributed by atoms with Gasteiger partial charge >= 0.3 is 6.03 Å². The van der Waals surface area contributed by atoms with Gasteiger partial charge in [0.1, 0.15) is 5.82 Å². The summed E-state index contributed by atoms with van der Waals surface area (Å²) in [6.45, 7) is 1.62. The second-order valence-corrected chi connectivity index (χ2v) is 3.25. The van der Waals surface area contributed by atoms with Crippen molar-refractivity contribution in [1.29, 1.82) is 0 Å². The molecule has 0 saturated heterocycles. The van der Waals surface area contributed by atoms with Crippen LogP contribution in [0.5, 0.6) is 0 Å². The highest BCUT2D eigenvalue weighted by Gasteiger charge is 2.13. The summed E-state index contributed by atoms with van der Waals surface area (Å²) in [7, 11) is 3.18. The maximum atomic E-state index is 13.3. The molecule has 16 heavy (non-hydrogen) atoms. The first-order valence-electron chi connectivity index (χ1n) is 4.78. The van der Waals surface area contributed by atoms with Crippen molar-refractivity contribution < 1.29 is 9.18 Å². The van der Waals surface area contributed by atoms with E-state index in [-0.39, 0.29) is 11.8 Å². The van der Waals surface area contributed by atoms with Gasteiger partial charge in [-0.15, -0.1) is 0 Å². The summed E-state index contributed by atoms with van der Waals surface area (Å²) in [5, 5.41) is 0. The van der Waals surface area contributed by atoms with Crippen molar-refractivity contribution in [2.24, 2.45) is 0 Å². The zero-order chi connectivity index (χ0) is 12.1. The number of anilines is 1. The van der Waals surface area contributed by atoms with Crippen LogP contribution in [0.3, 0.4) is 0 Å². The number of nitrogens with one attached hydrogen (secondary N) is 3. The molecule has 0 spiro atoms. The molecule has 88 valence electrons. The molecule has 0 saturated carbocycles. The predicted octanol–water partition coefficient (Wildman–Crippen LogP) is 0.919. The molecule has 5 nitrogen and oxygen atoms in total. The molecular formula is C10H15FN4O. The minimum Gasteiger partial charge on any atom is -0.296 e.